The number of aryl methyl sites for hydroxylation is 2. The smallest absolute Gasteiger partial charge is 0.259 e. The first-order valence-corrected chi connectivity index (χ1v) is 8.96. The van der Waals surface area contributed by atoms with Crippen LogP contribution >= 0.6 is 0 Å². The predicted molar refractivity (Wildman–Crippen MR) is 95.4 cm³/mol. The molecular weight excluding hydrogens is 332 g/mol. The Bertz CT molecular complexity index is 798. The van der Waals surface area contributed by atoms with E-state index in [-0.39, 0.29) is 17.9 Å². The van der Waals surface area contributed by atoms with Crippen LogP contribution < -0.4 is 5.32 Å². The third-order valence-electron chi connectivity index (χ3n) is 4.73. The summed E-state index contributed by atoms with van der Waals surface area (Å²) in [6, 6.07) is 3.84. The van der Waals surface area contributed by atoms with Crippen molar-refractivity contribution in [2.24, 2.45) is 0 Å². The van der Waals surface area contributed by atoms with E-state index in [2.05, 4.69) is 15.5 Å². The van der Waals surface area contributed by atoms with Crippen molar-refractivity contribution >= 4 is 11.8 Å². The lowest BCUT2D eigenvalue weighted by atomic mass is 10.1. The Kier molecular flexibility index (Phi) is 5.35. The third-order valence-corrected chi connectivity index (χ3v) is 4.73. The van der Waals surface area contributed by atoms with Gasteiger partial charge in [-0.1, -0.05) is 18.1 Å². The molecule has 0 aliphatic carbocycles. The molecule has 2 amide bonds. The van der Waals surface area contributed by atoms with Crippen LogP contribution in [0.15, 0.2) is 22.9 Å². The summed E-state index contributed by atoms with van der Waals surface area (Å²) >= 11 is 0. The second kappa shape index (κ2) is 7.68. The number of amides is 2. The molecule has 0 saturated carbocycles. The Balaban J connectivity index is 1.78. The molecule has 1 aliphatic rings. The average Bonchev–Trinajstić information content (AvgIpc) is 3.26. The summed E-state index contributed by atoms with van der Waals surface area (Å²) in [5.41, 5.74) is 3.09. The highest BCUT2D eigenvalue weighted by atomic mass is 16.5. The number of carbonyl (C=O) groups excluding carboxylic acids is 2. The summed E-state index contributed by atoms with van der Waals surface area (Å²) in [4.78, 5) is 30.5. The number of rotatable bonds is 5. The van der Waals surface area contributed by atoms with Crippen molar-refractivity contribution in [2.75, 3.05) is 6.54 Å². The van der Waals surface area contributed by atoms with Crippen molar-refractivity contribution in [3.63, 3.8) is 0 Å². The second-order valence-corrected chi connectivity index (χ2v) is 6.57. The fraction of sp³-hybridized carbons (Fsp3) is 0.474. The number of nitrogens with one attached hydrogen (secondary N) is 1. The average molecular weight is 356 g/mol. The fourth-order valence-corrected chi connectivity index (χ4v) is 3.36. The molecule has 3 rings (SSSR count). The molecule has 2 aromatic heterocycles. The molecule has 1 N–H and O–H groups in total. The number of nitrogens with zero attached hydrogens (tertiary/aromatic N) is 3. The zero-order valence-corrected chi connectivity index (χ0v) is 15.4. The Morgan fingerprint density at radius 1 is 1.38 bits per heavy atom. The van der Waals surface area contributed by atoms with E-state index in [0.29, 0.717) is 36.5 Å². The predicted octanol–water partition coefficient (Wildman–Crippen LogP) is 2.55. The van der Waals surface area contributed by atoms with Crippen molar-refractivity contribution in [3.05, 3.63) is 46.6 Å². The van der Waals surface area contributed by atoms with Crippen LogP contribution in [-0.2, 0) is 17.8 Å². The lowest BCUT2D eigenvalue weighted by molar-refractivity contribution is -0.119. The summed E-state index contributed by atoms with van der Waals surface area (Å²) in [7, 11) is 0. The lowest BCUT2D eigenvalue weighted by Crippen LogP contribution is -2.31. The summed E-state index contributed by atoms with van der Waals surface area (Å²) in [5, 5.41) is 6.75. The van der Waals surface area contributed by atoms with Gasteiger partial charge in [0.25, 0.3) is 5.91 Å². The fourth-order valence-electron chi connectivity index (χ4n) is 3.36. The summed E-state index contributed by atoms with van der Waals surface area (Å²) in [5.74, 6) is 0.459. The zero-order chi connectivity index (χ0) is 18.7. The number of pyridine rings is 1. The minimum Gasteiger partial charge on any atom is -0.361 e. The summed E-state index contributed by atoms with van der Waals surface area (Å²) < 4.78 is 5.22. The Morgan fingerprint density at radius 3 is 2.85 bits per heavy atom. The van der Waals surface area contributed by atoms with Gasteiger partial charge in [-0.3, -0.25) is 14.6 Å². The van der Waals surface area contributed by atoms with Crippen LogP contribution in [-0.4, -0.2) is 33.4 Å². The van der Waals surface area contributed by atoms with Crippen LogP contribution in [0.2, 0.25) is 0 Å². The SMILES string of the molecule is CCc1noc(C)c1C(=O)N1CCC[C@H]1c1ccc(CNC(C)=O)cn1. The van der Waals surface area contributed by atoms with Gasteiger partial charge in [-0.15, -0.1) is 0 Å². The number of carbonyl (C=O) groups is 2. The van der Waals surface area contributed by atoms with Gasteiger partial charge in [-0.2, -0.15) is 0 Å². The number of hydrogen-bond donors (Lipinski definition) is 1. The molecule has 0 bridgehead atoms. The molecule has 1 fully saturated rings. The highest BCUT2D eigenvalue weighted by Crippen LogP contribution is 2.33. The van der Waals surface area contributed by atoms with Gasteiger partial charge in [-0.05, 0) is 37.8 Å². The van der Waals surface area contributed by atoms with Crippen molar-refractivity contribution in [1.29, 1.82) is 0 Å². The largest absolute Gasteiger partial charge is 0.361 e. The molecule has 7 nitrogen and oxygen atoms in total. The van der Waals surface area contributed by atoms with Crippen molar-refractivity contribution in [2.45, 2.75) is 52.6 Å². The van der Waals surface area contributed by atoms with E-state index in [9.17, 15) is 9.59 Å². The highest BCUT2D eigenvalue weighted by molar-refractivity contribution is 5.96. The van der Waals surface area contributed by atoms with Gasteiger partial charge in [-0.25, -0.2) is 0 Å². The first kappa shape index (κ1) is 18.1. The minimum absolute atomic E-state index is 0.0350. The van der Waals surface area contributed by atoms with E-state index in [4.69, 9.17) is 4.52 Å². The molecule has 0 radical (unpaired) electrons. The molecule has 1 saturated heterocycles. The van der Waals surface area contributed by atoms with E-state index < -0.39 is 0 Å². The third kappa shape index (κ3) is 3.61. The number of aromatic nitrogens is 2. The monoisotopic (exact) mass is 356 g/mol. The Morgan fingerprint density at radius 2 is 2.19 bits per heavy atom. The first-order chi connectivity index (χ1) is 12.5. The quantitative estimate of drug-likeness (QED) is 0.889. The van der Waals surface area contributed by atoms with Gasteiger partial charge in [0.1, 0.15) is 11.3 Å². The Labute approximate surface area is 152 Å². The normalized spacial score (nSPS) is 16.7. The molecule has 1 aliphatic heterocycles. The highest BCUT2D eigenvalue weighted by Gasteiger charge is 2.34. The minimum atomic E-state index is -0.0718. The maximum Gasteiger partial charge on any atom is 0.259 e. The van der Waals surface area contributed by atoms with Gasteiger partial charge >= 0.3 is 0 Å². The standard InChI is InChI=1S/C19H24N4O3/c1-4-15-18(12(2)26-22-15)19(25)23-9-5-6-17(23)16-8-7-14(11-21-16)10-20-13(3)24/h7-8,11,17H,4-6,9-10H2,1-3H3,(H,20,24)/t17-/m0/s1. The van der Waals surface area contributed by atoms with Gasteiger partial charge in [0.05, 0.1) is 17.4 Å². The van der Waals surface area contributed by atoms with Crippen LogP contribution in [0.5, 0.6) is 0 Å². The van der Waals surface area contributed by atoms with E-state index >= 15 is 0 Å². The molecular formula is C19H24N4O3. The van der Waals surface area contributed by atoms with Gasteiger partial charge in [0.15, 0.2) is 0 Å². The number of hydrogen-bond acceptors (Lipinski definition) is 5. The molecule has 0 spiro atoms. The molecule has 2 aromatic rings. The second-order valence-electron chi connectivity index (χ2n) is 6.57. The summed E-state index contributed by atoms with van der Waals surface area (Å²) in [6.07, 6.45) is 4.24. The van der Waals surface area contributed by atoms with Gasteiger partial charge in [0, 0.05) is 26.2 Å². The molecule has 7 heteroatoms. The maximum absolute atomic E-state index is 13.1. The van der Waals surface area contributed by atoms with Crippen molar-refractivity contribution in [3.8, 4) is 0 Å². The molecule has 0 aromatic carbocycles. The van der Waals surface area contributed by atoms with Crippen molar-refractivity contribution < 1.29 is 14.1 Å². The molecule has 0 unspecified atom stereocenters. The van der Waals surface area contributed by atoms with Crippen LogP contribution in [0, 0.1) is 6.92 Å². The van der Waals surface area contributed by atoms with E-state index in [1.165, 1.54) is 6.92 Å². The van der Waals surface area contributed by atoms with Crippen LogP contribution in [0.4, 0.5) is 0 Å². The zero-order valence-electron chi connectivity index (χ0n) is 15.4. The van der Waals surface area contributed by atoms with E-state index in [1.54, 1.807) is 13.1 Å². The van der Waals surface area contributed by atoms with Crippen LogP contribution in [0.1, 0.15) is 65.8 Å². The molecule has 26 heavy (non-hydrogen) atoms. The molecule has 1 atom stereocenters. The van der Waals surface area contributed by atoms with E-state index in [0.717, 1.165) is 24.1 Å². The van der Waals surface area contributed by atoms with Gasteiger partial charge < -0.3 is 14.7 Å². The van der Waals surface area contributed by atoms with E-state index in [1.807, 2.05) is 24.0 Å². The lowest BCUT2D eigenvalue weighted by Gasteiger charge is -2.24. The number of likely N-dealkylation sites (tertiary alicyclic amines) is 1. The Hall–Kier alpha value is -2.70. The molecule has 138 valence electrons. The summed E-state index contributed by atoms with van der Waals surface area (Å²) in [6.45, 7) is 6.38. The topological polar surface area (TPSA) is 88.3 Å². The maximum atomic E-state index is 13.1. The molecule has 3 heterocycles. The van der Waals surface area contributed by atoms with Gasteiger partial charge in [0.2, 0.25) is 5.91 Å². The first-order valence-electron chi connectivity index (χ1n) is 8.96. The van der Waals surface area contributed by atoms with Crippen molar-refractivity contribution in [1.82, 2.24) is 20.4 Å². The van der Waals surface area contributed by atoms with Crippen LogP contribution in [0.3, 0.4) is 0 Å². The van der Waals surface area contributed by atoms with Crippen LogP contribution in [0.25, 0.3) is 0 Å².